The summed E-state index contributed by atoms with van der Waals surface area (Å²) < 4.78 is 10.1. The number of carbonyl (C=O) groups is 2. The van der Waals surface area contributed by atoms with Crippen LogP contribution in [0.4, 0.5) is 0 Å². The van der Waals surface area contributed by atoms with Crippen LogP contribution < -0.4 is 4.74 Å². The Morgan fingerprint density at radius 2 is 1.65 bits per heavy atom. The van der Waals surface area contributed by atoms with E-state index >= 15 is 0 Å². The van der Waals surface area contributed by atoms with Crippen molar-refractivity contribution >= 4 is 11.8 Å². The molecule has 0 aliphatic rings. The highest BCUT2D eigenvalue weighted by molar-refractivity contribution is 5.98. The lowest BCUT2D eigenvalue weighted by Crippen LogP contribution is -2.15. The van der Waals surface area contributed by atoms with Crippen molar-refractivity contribution in [1.29, 1.82) is 0 Å². The Morgan fingerprint density at radius 3 is 2.26 bits per heavy atom. The number of ether oxygens (including phenoxy) is 2. The van der Waals surface area contributed by atoms with Gasteiger partial charge in [-0.25, -0.2) is 0 Å². The van der Waals surface area contributed by atoms with Gasteiger partial charge >= 0.3 is 5.97 Å². The van der Waals surface area contributed by atoms with Gasteiger partial charge in [0, 0.05) is 5.56 Å². The van der Waals surface area contributed by atoms with Crippen LogP contribution in [0, 0.1) is 13.8 Å². The van der Waals surface area contributed by atoms with Crippen LogP contribution in [-0.4, -0.2) is 25.5 Å². The second-order valence-corrected chi connectivity index (χ2v) is 5.41. The molecule has 0 fully saturated rings. The van der Waals surface area contributed by atoms with E-state index < -0.39 is 5.97 Å². The highest BCUT2D eigenvalue weighted by Gasteiger charge is 2.11. The maximum atomic E-state index is 12.1. The first-order valence-electron chi connectivity index (χ1n) is 7.38. The van der Waals surface area contributed by atoms with Crippen LogP contribution in [-0.2, 0) is 16.0 Å². The molecule has 0 amide bonds. The fraction of sp³-hybridized carbons (Fsp3) is 0.263. The van der Waals surface area contributed by atoms with Gasteiger partial charge in [0.05, 0.1) is 13.5 Å². The molecule has 0 aliphatic carbocycles. The minimum absolute atomic E-state index is 0.129. The molecule has 2 rings (SSSR count). The Hall–Kier alpha value is -2.62. The van der Waals surface area contributed by atoms with Crippen LogP contribution >= 0.6 is 0 Å². The van der Waals surface area contributed by atoms with Gasteiger partial charge < -0.3 is 9.47 Å². The number of Topliss-reactive ketones (excluding diaryl/α,β-unsaturated/α-hetero) is 1. The van der Waals surface area contributed by atoms with Gasteiger partial charge in [-0.15, -0.1) is 0 Å². The summed E-state index contributed by atoms with van der Waals surface area (Å²) in [4.78, 5) is 23.9. The summed E-state index contributed by atoms with van der Waals surface area (Å²) in [6.07, 6.45) is 0.129. The zero-order valence-corrected chi connectivity index (χ0v) is 13.6. The quantitative estimate of drug-likeness (QED) is 0.607. The maximum absolute atomic E-state index is 12.1. The number of hydrogen-bond acceptors (Lipinski definition) is 4. The fourth-order valence-corrected chi connectivity index (χ4v) is 2.11. The first-order valence-corrected chi connectivity index (χ1v) is 7.38. The molecule has 0 spiro atoms. The standard InChI is InChI=1S/C19H20O4/c1-13-4-7-16(10-14(13)2)18(20)12-23-19(21)11-15-5-8-17(22-3)9-6-15/h4-10H,11-12H2,1-3H3. The number of carbonyl (C=O) groups excluding carboxylic acids is 2. The van der Waals surface area contributed by atoms with E-state index in [0.717, 1.165) is 22.4 Å². The number of esters is 1. The van der Waals surface area contributed by atoms with Crippen LogP contribution in [0.25, 0.3) is 0 Å². The van der Waals surface area contributed by atoms with Crippen LogP contribution in [0.1, 0.15) is 27.0 Å². The molecule has 0 heterocycles. The SMILES string of the molecule is COc1ccc(CC(=O)OCC(=O)c2ccc(C)c(C)c2)cc1. The Kier molecular flexibility index (Phi) is 5.52. The lowest BCUT2D eigenvalue weighted by Gasteiger charge is -2.07. The number of ketones is 1. The highest BCUT2D eigenvalue weighted by atomic mass is 16.5. The van der Waals surface area contributed by atoms with E-state index in [1.807, 2.05) is 26.0 Å². The highest BCUT2D eigenvalue weighted by Crippen LogP contribution is 2.13. The third kappa shape index (κ3) is 4.68. The summed E-state index contributed by atoms with van der Waals surface area (Å²) >= 11 is 0. The molecular weight excluding hydrogens is 292 g/mol. The minimum Gasteiger partial charge on any atom is -0.497 e. The Balaban J connectivity index is 1.87. The van der Waals surface area contributed by atoms with Gasteiger partial charge in [-0.2, -0.15) is 0 Å². The average molecular weight is 312 g/mol. The Morgan fingerprint density at radius 1 is 0.957 bits per heavy atom. The van der Waals surface area contributed by atoms with Crippen molar-refractivity contribution in [2.75, 3.05) is 13.7 Å². The molecule has 0 saturated carbocycles. The number of hydrogen-bond donors (Lipinski definition) is 0. The smallest absolute Gasteiger partial charge is 0.310 e. The van der Waals surface area contributed by atoms with Crippen molar-refractivity contribution in [3.63, 3.8) is 0 Å². The predicted molar refractivity (Wildman–Crippen MR) is 87.9 cm³/mol. The van der Waals surface area contributed by atoms with Gasteiger partial charge in [0.2, 0.25) is 0 Å². The molecule has 0 aromatic heterocycles. The number of aryl methyl sites for hydroxylation is 2. The summed E-state index contributed by atoms with van der Waals surface area (Å²) in [5.74, 6) is 0.107. The molecule has 23 heavy (non-hydrogen) atoms. The largest absolute Gasteiger partial charge is 0.497 e. The molecule has 4 heteroatoms. The summed E-state index contributed by atoms with van der Waals surface area (Å²) in [6.45, 7) is 3.69. The third-order valence-electron chi connectivity index (χ3n) is 3.70. The van der Waals surface area contributed by atoms with E-state index in [0.29, 0.717) is 5.56 Å². The Labute approximate surface area is 136 Å². The molecule has 0 unspecified atom stereocenters. The van der Waals surface area contributed by atoms with E-state index in [1.165, 1.54) is 0 Å². The molecule has 4 nitrogen and oxygen atoms in total. The van der Waals surface area contributed by atoms with Crippen molar-refractivity contribution in [3.05, 3.63) is 64.7 Å². The minimum atomic E-state index is -0.424. The zero-order chi connectivity index (χ0) is 16.8. The molecule has 2 aromatic carbocycles. The zero-order valence-electron chi connectivity index (χ0n) is 13.6. The van der Waals surface area contributed by atoms with Crippen molar-refractivity contribution in [1.82, 2.24) is 0 Å². The third-order valence-corrected chi connectivity index (χ3v) is 3.70. The van der Waals surface area contributed by atoms with Crippen LogP contribution in [0.15, 0.2) is 42.5 Å². The molecule has 2 aromatic rings. The van der Waals surface area contributed by atoms with Crippen molar-refractivity contribution in [2.45, 2.75) is 20.3 Å². The molecule has 0 saturated heterocycles. The molecule has 0 atom stereocenters. The van der Waals surface area contributed by atoms with Crippen molar-refractivity contribution in [2.24, 2.45) is 0 Å². The number of benzene rings is 2. The lowest BCUT2D eigenvalue weighted by molar-refractivity contribution is -0.141. The molecule has 120 valence electrons. The molecule has 0 bridgehead atoms. The maximum Gasteiger partial charge on any atom is 0.310 e. The monoisotopic (exact) mass is 312 g/mol. The molecule has 0 N–H and O–H groups in total. The number of methoxy groups -OCH3 is 1. The fourth-order valence-electron chi connectivity index (χ4n) is 2.11. The summed E-state index contributed by atoms with van der Waals surface area (Å²) in [7, 11) is 1.58. The normalized spacial score (nSPS) is 10.2. The van der Waals surface area contributed by atoms with E-state index in [2.05, 4.69) is 0 Å². The van der Waals surface area contributed by atoms with Gasteiger partial charge in [-0.1, -0.05) is 24.3 Å². The Bertz CT molecular complexity index is 702. The summed E-state index contributed by atoms with van der Waals surface area (Å²) in [6, 6.07) is 12.6. The first kappa shape index (κ1) is 16.7. The second kappa shape index (κ2) is 7.58. The van der Waals surface area contributed by atoms with E-state index in [4.69, 9.17) is 9.47 Å². The topological polar surface area (TPSA) is 52.6 Å². The summed E-state index contributed by atoms with van der Waals surface area (Å²) in [5.41, 5.74) is 3.54. The summed E-state index contributed by atoms with van der Waals surface area (Å²) in [5, 5.41) is 0. The van der Waals surface area contributed by atoms with Gasteiger partial charge in [-0.3, -0.25) is 9.59 Å². The van der Waals surface area contributed by atoms with Crippen LogP contribution in [0.5, 0.6) is 5.75 Å². The van der Waals surface area contributed by atoms with Crippen LogP contribution in [0.3, 0.4) is 0 Å². The second-order valence-electron chi connectivity index (χ2n) is 5.41. The first-order chi connectivity index (χ1) is 11.0. The number of rotatable bonds is 6. The van der Waals surface area contributed by atoms with Gasteiger partial charge in [0.25, 0.3) is 0 Å². The molecule has 0 aliphatic heterocycles. The van der Waals surface area contributed by atoms with Gasteiger partial charge in [-0.05, 0) is 48.7 Å². The van der Waals surface area contributed by atoms with Gasteiger partial charge in [0.1, 0.15) is 5.75 Å². The average Bonchev–Trinajstić information content (AvgIpc) is 2.56. The molecule has 0 radical (unpaired) electrons. The van der Waals surface area contributed by atoms with Gasteiger partial charge in [0.15, 0.2) is 12.4 Å². The van der Waals surface area contributed by atoms with E-state index in [1.54, 1.807) is 37.4 Å². The van der Waals surface area contributed by atoms with Crippen molar-refractivity contribution < 1.29 is 19.1 Å². The van der Waals surface area contributed by atoms with E-state index in [9.17, 15) is 9.59 Å². The van der Waals surface area contributed by atoms with E-state index in [-0.39, 0.29) is 18.8 Å². The lowest BCUT2D eigenvalue weighted by atomic mass is 10.0. The molecular formula is C19H20O4. The van der Waals surface area contributed by atoms with Crippen LogP contribution in [0.2, 0.25) is 0 Å². The predicted octanol–water partition coefficient (Wildman–Crippen LogP) is 3.28. The van der Waals surface area contributed by atoms with Crippen molar-refractivity contribution in [3.8, 4) is 5.75 Å².